The van der Waals surface area contributed by atoms with Gasteiger partial charge in [-0.05, 0) is 24.6 Å². The molecule has 1 aromatic rings. The predicted octanol–water partition coefficient (Wildman–Crippen LogP) is 1.09. The molecule has 1 saturated heterocycles. The minimum Gasteiger partial charge on any atom is -0.493 e. The average Bonchev–Trinajstić information content (AvgIpc) is 2.53. The van der Waals surface area contributed by atoms with E-state index < -0.39 is 0 Å². The first-order valence-electron chi connectivity index (χ1n) is 7.77. The van der Waals surface area contributed by atoms with E-state index in [0.717, 1.165) is 57.3 Å². The van der Waals surface area contributed by atoms with E-state index in [1.807, 2.05) is 13.0 Å². The van der Waals surface area contributed by atoms with Crippen molar-refractivity contribution in [3.63, 3.8) is 0 Å². The molecule has 0 saturated carbocycles. The summed E-state index contributed by atoms with van der Waals surface area (Å²) in [5, 5.41) is 6.87. The van der Waals surface area contributed by atoms with Crippen LogP contribution in [0.25, 0.3) is 0 Å². The molecule has 0 aromatic heterocycles. The monoisotopic (exact) mass is 293 g/mol. The van der Waals surface area contributed by atoms with Crippen LogP contribution in [0, 0.1) is 0 Å². The summed E-state index contributed by atoms with van der Waals surface area (Å²) in [6, 6.07) is 6.11. The molecule has 21 heavy (non-hydrogen) atoms. The minimum atomic E-state index is 0.649. The molecule has 118 valence electrons. The zero-order valence-corrected chi connectivity index (χ0v) is 13.2. The lowest BCUT2D eigenvalue weighted by atomic mass is 10.2. The van der Waals surface area contributed by atoms with Crippen LogP contribution in [0.5, 0.6) is 11.5 Å². The van der Waals surface area contributed by atoms with Crippen molar-refractivity contribution in [2.24, 2.45) is 0 Å². The number of methoxy groups -OCH3 is 1. The smallest absolute Gasteiger partial charge is 0.161 e. The van der Waals surface area contributed by atoms with Gasteiger partial charge in [-0.1, -0.05) is 6.07 Å². The number of nitrogens with one attached hydrogen (secondary N) is 2. The second-order valence-electron chi connectivity index (χ2n) is 5.19. The SMILES string of the molecule is CCOc1cc(CNCCN2CCNCC2)ccc1OC. The molecule has 0 amide bonds. The van der Waals surface area contributed by atoms with Crippen molar-refractivity contribution in [1.29, 1.82) is 0 Å². The average molecular weight is 293 g/mol. The third kappa shape index (κ3) is 5.19. The van der Waals surface area contributed by atoms with E-state index in [1.165, 1.54) is 5.56 Å². The zero-order valence-electron chi connectivity index (χ0n) is 13.2. The fraction of sp³-hybridized carbons (Fsp3) is 0.625. The van der Waals surface area contributed by atoms with Gasteiger partial charge in [-0.2, -0.15) is 0 Å². The second kappa shape index (κ2) is 8.87. The number of rotatable bonds is 8. The van der Waals surface area contributed by atoms with Gasteiger partial charge < -0.3 is 20.1 Å². The Balaban J connectivity index is 1.75. The van der Waals surface area contributed by atoms with Crippen LogP contribution in [-0.4, -0.2) is 57.9 Å². The van der Waals surface area contributed by atoms with Crippen LogP contribution in [0.1, 0.15) is 12.5 Å². The quantitative estimate of drug-likeness (QED) is 0.703. The molecule has 5 heteroatoms. The van der Waals surface area contributed by atoms with Crippen LogP contribution in [0.2, 0.25) is 0 Å². The molecule has 5 nitrogen and oxygen atoms in total. The first-order chi connectivity index (χ1) is 10.3. The maximum Gasteiger partial charge on any atom is 0.161 e. The maximum absolute atomic E-state index is 5.60. The minimum absolute atomic E-state index is 0.649. The summed E-state index contributed by atoms with van der Waals surface area (Å²) in [6.07, 6.45) is 0. The molecule has 0 radical (unpaired) electrons. The molecule has 0 unspecified atom stereocenters. The lowest BCUT2D eigenvalue weighted by molar-refractivity contribution is 0.241. The summed E-state index contributed by atoms with van der Waals surface area (Å²) in [5.74, 6) is 1.61. The van der Waals surface area contributed by atoms with Crippen LogP contribution < -0.4 is 20.1 Å². The molecule has 0 atom stereocenters. The fourth-order valence-electron chi connectivity index (χ4n) is 2.50. The van der Waals surface area contributed by atoms with Crippen molar-refractivity contribution in [1.82, 2.24) is 15.5 Å². The molecule has 0 bridgehead atoms. The number of hydrogen-bond acceptors (Lipinski definition) is 5. The maximum atomic E-state index is 5.60. The summed E-state index contributed by atoms with van der Waals surface area (Å²) in [4.78, 5) is 2.49. The normalized spacial score (nSPS) is 15.9. The topological polar surface area (TPSA) is 45.8 Å². The Bertz CT molecular complexity index is 420. The van der Waals surface area contributed by atoms with Crippen molar-refractivity contribution in [3.8, 4) is 11.5 Å². The van der Waals surface area contributed by atoms with E-state index in [0.29, 0.717) is 6.61 Å². The van der Waals surface area contributed by atoms with Gasteiger partial charge in [-0.15, -0.1) is 0 Å². The number of ether oxygens (including phenoxy) is 2. The molecule has 2 N–H and O–H groups in total. The Morgan fingerprint density at radius 2 is 2.05 bits per heavy atom. The van der Waals surface area contributed by atoms with Crippen LogP contribution in [0.4, 0.5) is 0 Å². The van der Waals surface area contributed by atoms with E-state index >= 15 is 0 Å². The third-order valence-corrected chi connectivity index (χ3v) is 3.67. The summed E-state index contributed by atoms with van der Waals surface area (Å²) < 4.78 is 10.9. The van der Waals surface area contributed by atoms with Crippen molar-refractivity contribution in [2.45, 2.75) is 13.5 Å². The van der Waals surface area contributed by atoms with Gasteiger partial charge in [0.1, 0.15) is 0 Å². The van der Waals surface area contributed by atoms with Crippen molar-refractivity contribution in [2.75, 3.05) is 53.0 Å². The van der Waals surface area contributed by atoms with E-state index in [-0.39, 0.29) is 0 Å². The standard InChI is InChI=1S/C16H27N3O2/c1-3-21-16-12-14(4-5-15(16)20-2)13-18-8-11-19-9-6-17-7-10-19/h4-5,12,17-18H,3,6-11,13H2,1-2H3. The van der Waals surface area contributed by atoms with E-state index in [9.17, 15) is 0 Å². The molecule has 1 aromatic carbocycles. The number of benzene rings is 1. The van der Waals surface area contributed by atoms with E-state index in [1.54, 1.807) is 7.11 Å². The van der Waals surface area contributed by atoms with Crippen LogP contribution >= 0.6 is 0 Å². The van der Waals surface area contributed by atoms with Gasteiger partial charge in [-0.25, -0.2) is 0 Å². The summed E-state index contributed by atoms with van der Waals surface area (Å²) >= 11 is 0. The zero-order chi connectivity index (χ0) is 14.9. The molecule has 1 aliphatic rings. The highest BCUT2D eigenvalue weighted by molar-refractivity contribution is 5.42. The first-order valence-corrected chi connectivity index (χ1v) is 7.77. The third-order valence-electron chi connectivity index (χ3n) is 3.67. The highest BCUT2D eigenvalue weighted by Crippen LogP contribution is 2.27. The lowest BCUT2D eigenvalue weighted by Gasteiger charge is -2.27. The van der Waals surface area contributed by atoms with E-state index in [2.05, 4.69) is 27.7 Å². The van der Waals surface area contributed by atoms with Crippen LogP contribution in [-0.2, 0) is 6.54 Å². The second-order valence-corrected chi connectivity index (χ2v) is 5.19. The Kier molecular flexibility index (Phi) is 6.79. The largest absolute Gasteiger partial charge is 0.493 e. The van der Waals surface area contributed by atoms with Crippen LogP contribution in [0.15, 0.2) is 18.2 Å². The predicted molar refractivity (Wildman–Crippen MR) is 85.2 cm³/mol. The van der Waals surface area contributed by atoms with Gasteiger partial charge in [0, 0.05) is 45.8 Å². The molecular weight excluding hydrogens is 266 g/mol. The molecule has 2 rings (SSSR count). The van der Waals surface area contributed by atoms with Gasteiger partial charge in [0.05, 0.1) is 13.7 Å². The van der Waals surface area contributed by atoms with E-state index in [4.69, 9.17) is 9.47 Å². The summed E-state index contributed by atoms with van der Waals surface area (Å²) in [6.45, 7) is 10.1. The van der Waals surface area contributed by atoms with Crippen molar-refractivity contribution < 1.29 is 9.47 Å². The van der Waals surface area contributed by atoms with Gasteiger partial charge in [0.2, 0.25) is 0 Å². The molecule has 0 aliphatic carbocycles. The number of piperazine rings is 1. The molecule has 1 aliphatic heterocycles. The Morgan fingerprint density at radius 1 is 1.24 bits per heavy atom. The highest BCUT2D eigenvalue weighted by Gasteiger charge is 2.08. The lowest BCUT2D eigenvalue weighted by Crippen LogP contribution is -2.45. The number of hydrogen-bond donors (Lipinski definition) is 2. The summed E-state index contributed by atoms with van der Waals surface area (Å²) in [5.41, 5.74) is 1.22. The van der Waals surface area contributed by atoms with Crippen molar-refractivity contribution >= 4 is 0 Å². The van der Waals surface area contributed by atoms with Gasteiger partial charge in [0.25, 0.3) is 0 Å². The Labute approximate surface area is 127 Å². The molecular formula is C16H27N3O2. The summed E-state index contributed by atoms with van der Waals surface area (Å²) in [7, 11) is 1.67. The number of nitrogens with zero attached hydrogens (tertiary/aromatic N) is 1. The van der Waals surface area contributed by atoms with Crippen LogP contribution in [0.3, 0.4) is 0 Å². The Hall–Kier alpha value is -1.30. The Morgan fingerprint density at radius 3 is 2.76 bits per heavy atom. The molecule has 1 heterocycles. The van der Waals surface area contributed by atoms with Gasteiger partial charge in [-0.3, -0.25) is 4.90 Å². The molecule has 1 fully saturated rings. The van der Waals surface area contributed by atoms with Gasteiger partial charge >= 0.3 is 0 Å². The van der Waals surface area contributed by atoms with Gasteiger partial charge in [0.15, 0.2) is 11.5 Å². The van der Waals surface area contributed by atoms with Crippen molar-refractivity contribution in [3.05, 3.63) is 23.8 Å². The molecule has 0 spiro atoms. The fourth-order valence-corrected chi connectivity index (χ4v) is 2.50. The highest BCUT2D eigenvalue weighted by atomic mass is 16.5. The first kappa shape index (κ1) is 16.1.